The van der Waals surface area contributed by atoms with Crippen LogP contribution in [-0.2, 0) is 16.0 Å². The molecule has 0 bridgehead atoms. The third-order valence-electron chi connectivity index (χ3n) is 7.19. The molecule has 3 aliphatic rings. The van der Waals surface area contributed by atoms with Gasteiger partial charge in [-0.1, -0.05) is 18.2 Å². The third kappa shape index (κ3) is 4.45. The Morgan fingerprint density at radius 3 is 2.36 bits per heavy atom. The zero-order chi connectivity index (χ0) is 22.9. The van der Waals surface area contributed by atoms with Gasteiger partial charge in [0.2, 0.25) is 11.8 Å². The maximum Gasteiger partial charge on any atom is 0.253 e. The molecule has 172 valence electrons. The summed E-state index contributed by atoms with van der Waals surface area (Å²) in [6.45, 7) is 4.10. The maximum absolute atomic E-state index is 13.2. The van der Waals surface area contributed by atoms with Crippen LogP contribution in [0.2, 0.25) is 0 Å². The van der Waals surface area contributed by atoms with Gasteiger partial charge in [-0.2, -0.15) is 0 Å². The zero-order valence-corrected chi connectivity index (χ0v) is 18.8. The van der Waals surface area contributed by atoms with E-state index in [1.165, 1.54) is 5.69 Å². The van der Waals surface area contributed by atoms with Gasteiger partial charge in [0.15, 0.2) is 0 Å². The predicted molar refractivity (Wildman–Crippen MR) is 127 cm³/mol. The van der Waals surface area contributed by atoms with Gasteiger partial charge in [0.1, 0.15) is 0 Å². The lowest BCUT2D eigenvalue weighted by Crippen LogP contribution is -2.33. The molecule has 2 N–H and O–H groups in total. The van der Waals surface area contributed by atoms with Crippen LogP contribution < -0.4 is 15.5 Å². The molecule has 0 aromatic heterocycles. The van der Waals surface area contributed by atoms with Crippen LogP contribution in [0, 0.1) is 11.8 Å². The Hall–Kier alpha value is -3.35. The second-order valence-corrected chi connectivity index (χ2v) is 9.47. The molecule has 3 amide bonds. The summed E-state index contributed by atoms with van der Waals surface area (Å²) in [4.78, 5) is 42.6. The first-order chi connectivity index (χ1) is 16.0. The van der Waals surface area contributed by atoms with Gasteiger partial charge in [0.25, 0.3) is 5.91 Å². The predicted octanol–water partition coefficient (Wildman–Crippen LogP) is 2.44. The number of nitrogens with two attached hydrogens (primary N) is 1. The first kappa shape index (κ1) is 21.5. The smallest absolute Gasteiger partial charge is 0.253 e. The van der Waals surface area contributed by atoms with Crippen molar-refractivity contribution < 1.29 is 14.4 Å². The number of fused-ring (bicyclic) bond motifs is 1. The van der Waals surface area contributed by atoms with Gasteiger partial charge in [-0.15, -0.1) is 0 Å². The summed E-state index contributed by atoms with van der Waals surface area (Å²) in [5.74, 6) is 0.809. The van der Waals surface area contributed by atoms with E-state index in [0.717, 1.165) is 50.4 Å². The van der Waals surface area contributed by atoms with Crippen molar-refractivity contribution in [3.8, 4) is 0 Å². The molecule has 33 heavy (non-hydrogen) atoms. The Labute approximate surface area is 194 Å². The van der Waals surface area contributed by atoms with Crippen molar-refractivity contribution in [3.05, 3.63) is 59.7 Å². The van der Waals surface area contributed by atoms with Crippen LogP contribution in [0.3, 0.4) is 0 Å². The number of likely N-dealkylation sites (tertiary alicyclic amines) is 1. The van der Waals surface area contributed by atoms with E-state index in [1.807, 2.05) is 41.3 Å². The molecule has 3 heterocycles. The van der Waals surface area contributed by atoms with Crippen molar-refractivity contribution in [2.45, 2.75) is 25.7 Å². The standard InChI is InChI=1S/C26H30N4O3/c27-24(31)10-9-18-4-1-6-22(12-18)28-14-20-16-29(17-21(20)15-28)26(33)19-5-2-7-23(13-19)30-11-3-8-25(30)32/h1-2,4-7,12-13,20-21H,3,8-11,14-17H2,(H2,27,31). The summed E-state index contributed by atoms with van der Waals surface area (Å²) in [5, 5.41) is 0. The number of rotatable bonds is 6. The number of nitrogens with zero attached hydrogens (tertiary/aromatic N) is 3. The summed E-state index contributed by atoms with van der Waals surface area (Å²) in [5.41, 5.74) is 9.07. The Balaban J connectivity index is 1.22. The number of primary amides is 1. The van der Waals surface area contributed by atoms with Gasteiger partial charge in [-0.3, -0.25) is 14.4 Å². The molecule has 3 fully saturated rings. The summed E-state index contributed by atoms with van der Waals surface area (Å²) in [7, 11) is 0. The van der Waals surface area contributed by atoms with Gasteiger partial charge < -0.3 is 20.4 Å². The van der Waals surface area contributed by atoms with E-state index in [1.54, 1.807) is 4.90 Å². The molecule has 5 rings (SSSR count). The van der Waals surface area contributed by atoms with Crippen molar-refractivity contribution in [3.63, 3.8) is 0 Å². The van der Waals surface area contributed by atoms with E-state index in [4.69, 9.17) is 5.73 Å². The summed E-state index contributed by atoms with van der Waals surface area (Å²) in [6, 6.07) is 15.8. The van der Waals surface area contributed by atoms with Crippen molar-refractivity contribution >= 4 is 29.1 Å². The monoisotopic (exact) mass is 446 g/mol. The lowest BCUT2D eigenvalue weighted by Gasteiger charge is -2.24. The quantitative estimate of drug-likeness (QED) is 0.738. The zero-order valence-electron chi connectivity index (χ0n) is 18.8. The SMILES string of the molecule is NC(=O)CCc1cccc(N2CC3CN(C(=O)c4cccc(N5CCCC5=O)c4)CC3C2)c1. The number of hydrogen-bond donors (Lipinski definition) is 1. The fourth-order valence-corrected chi connectivity index (χ4v) is 5.46. The largest absolute Gasteiger partial charge is 0.371 e. The fourth-order valence-electron chi connectivity index (χ4n) is 5.46. The van der Waals surface area contributed by atoms with Crippen LogP contribution in [0.15, 0.2) is 48.5 Å². The van der Waals surface area contributed by atoms with Gasteiger partial charge in [-0.25, -0.2) is 0 Å². The highest BCUT2D eigenvalue weighted by Gasteiger charge is 2.42. The second-order valence-electron chi connectivity index (χ2n) is 9.47. The van der Waals surface area contributed by atoms with Gasteiger partial charge in [0.05, 0.1) is 0 Å². The number of benzene rings is 2. The molecule has 0 aliphatic carbocycles. The summed E-state index contributed by atoms with van der Waals surface area (Å²) < 4.78 is 0. The molecular weight excluding hydrogens is 416 g/mol. The molecule has 0 radical (unpaired) electrons. The summed E-state index contributed by atoms with van der Waals surface area (Å²) >= 11 is 0. The third-order valence-corrected chi connectivity index (χ3v) is 7.19. The van der Waals surface area contributed by atoms with E-state index < -0.39 is 0 Å². The van der Waals surface area contributed by atoms with Crippen LogP contribution in [0.1, 0.15) is 35.2 Å². The minimum atomic E-state index is -0.279. The van der Waals surface area contributed by atoms with Crippen LogP contribution in [0.25, 0.3) is 0 Å². The first-order valence-corrected chi connectivity index (χ1v) is 11.8. The topological polar surface area (TPSA) is 87.0 Å². The minimum absolute atomic E-state index is 0.0536. The Bertz CT molecular complexity index is 1070. The average molecular weight is 447 g/mol. The van der Waals surface area contributed by atoms with E-state index in [0.29, 0.717) is 36.7 Å². The molecule has 2 unspecified atom stereocenters. The van der Waals surface area contributed by atoms with Crippen LogP contribution in [-0.4, -0.2) is 55.3 Å². The van der Waals surface area contributed by atoms with Gasteiger partial charge in [-0.05, 0) is 48.7 Å². The van der Waals surface area contributed by atoms with E-state index in [9.17, 15) is 14.4 Å². The fraction of sp³-hybridized carbons (Fsp3) is 0.423. The van der Waals surface area contributed by atoms with Crippen molar-refractivity contribution in [2.24, 2.45) is 17.6 Å². The highest BCUT2D eigenvalue weighted by molar-refractivity contribution is 5.99. The molecule has 7 nitrogen and oxygen atoms in total. The molecule has 0 spiro atoms. The lowest BCUT2D eigenvalue weighted by atomic mass is 10.0. The number of hydrogen-bond acceptors (Lipinski definition) is 4. The van der Waals surface area contributed by atoms with Crippen molar-refractivity contribution in [1.29, 1.82) is 0 Å². The molecule has 0 saturated carbocycles. The number of anilines is 2. The average Bonchev–Trinajstić information content (AvgIpc) is 3.52. The number of amides is 3. The van der Waals surface area contributed by atoms with Gasteiger partial charge in [0, 0.05) is 74.3 Å². The Morgan fingerprint density at radius 2 is 1.67 bits per heavy atom. The Morgan fingerprint density at radius 1 is 0.939 bits per heavy atom. The van der Waals surface area contributed by atoms with Crippen molar-refractivity contribution in [2.75, 3.05) is 42.5 Å². The maximum atomic E-state index is 13.2. The molecule has 3 aliphatic heterocycles. The lowest BCUT2D eigenvalue weighted by molar-refractivity contribution is -0.118. The van der Waals surface area contributed by atoms with E-state index >= 15 is 0 Å². The highest BCUT2D eigenvalue weighted by atomic mass is 16.2. The first-order valence-electron chi connectivity index (χ1n) is 11.8. The molecule has 2 atom stereocenters. The molecular formula is C26H30N4O3. The number of aryl methyl sites for hydroxylation is 1. The van der Waals surface area contributed by atoms with Crippen molar-refractivity contribution in [1.82, 2.24) is 4.90 Å². The normalized spacial score (nSPS) is 22.2. The van der Waals surface area contributed by atoms with E-state index in [2.05, 4.69) is 17.0 Å². The number of carbonyl (C=O) groups excluding carboxylic acids is 3. The van der Waals surface area contributed by atoms with E-state index in [-0.39, 0.29) is 17.7 Å². The minimum Gasteiger partial charge on any atom is -0.371 e. The molecule has 2 aromatic rings. The number of carbonyl (C=O) groups is 3. The highest BCUT2D eigenvalue weighted by Crippen LogP contribution is 2.35. The molecule has 3 saturated heterocycles. The Kier molecular flexibility index (Phi) is 5.79. The van der Waals surface area contributed by atoms with Gasteiger partial charge >= 0.3 is 0 Å². The second kappa shape index (κ2) is 8.89. The van der Waals surface area contributed by atoms with Crippen LogP contribution in [0.5, 0.6) is 0 Å². The van der Waals surface area contributed by atoms with Crippen LogP contribution >= 0.6 is 0 Å². The molecule has 2 aromatic carbocycles. The summed E-state index contributed by atoms with van der Waals surface area (Å²) in [6.07, 6.45) is 2.47. The molecule has 7 heteroatoms. The van der Waals surface area contributed by atoms with Crippen LogP contribution in [0.4, 0.5) is 11.4 Å².